The van der Waals surface area contributed by atoms with Gasteiger partial charge in [0.15, 0.2) is 5.78 Å². The number of hydrogen-bond donors (Lipinski definition) is 3. The van der Waals surface area contributed by atoms with Gasteiger partial charge in [-0.2, -0.15) is 0 Å². The van der Waals surface area contributed by atoms with Crippen molar-refractivity contribution in [2.75, 3.05) is 6.54 Å². The SMILES string of the molecule is CC(C(=O)C(N)CCCCCN)c1cc(C(C)(C)C)c(O)c(C(C)(C)C)c1. The molecule has 0 aliphatic rings. The lowest BCUT2D eigenvalue weighted by Crippen LogP contribution is -2.34. The number of benzene rings is 1. The van der Waals surface area contributed by atoms with Crippen molar-refractivity contribution in [3.8, 4) is 5.75 Å². The molecule has 0 spiro atoms. The second-order valence-corrected chi connectivity index (χ2v) is 9.83. The van der Waals surface area contributed by atoms with Gasteiger partial charge < -0.3 is 16.6 Å². The molecule has 0 aliphatic carbocycles. The first-order valence-corrected chi connectivity index (χ1v) is 10.2. The number of Topliss-reactive ketones (excluding diaryl/α,β-unsaturated/α-hetero) is 1. The molecular formula is C23H40N2O2. The Labute approximate surface area is 165 Å². The van der Waals surface area contributed by atoms with Crippen LogP contribution in [0.25, 0.3) is 0 Å². The Morgan fingerprint density at radius 3 is 1.89 bits per heavy atom. The van der Waals surface area contributed by atoms with E-state index in [0.29, 0.717) is 18.7 Å². The summed E-state index contributed by atoms with van der Waals surface area (Å²) in [5, 5.41) is 10.9. The van der Waals surface area contributed by atoms with Gasteiger partial charge in [0.2, 0.25) is 0 Å². The highest BCUT2D eigenvalue weighted by molar-refractivity contribution is 5.90. The van der Waals surface area contributed by atoms with Crippen molar-refractivity contribution in [2.24, 2.45) is 11.5 Å². The maximum Gasteiger partial charge on any atom is 0.156 e. The topological polar surface area (TPSA) is 89.3 Å². The first-order chi connectivity index (χ1) is 12.3. The van der Waals surface area contributed by atoms with E-state index in [1.54, 1.807) is 0 Å². The number of phenols is 1. The van der Waals surface area contributed by atoms with E-state index in [1.807, 2.05) is 19.1 Å². The summed E-state index contributed by atoms with van der Waals surface area (Å²) in [5.74, 6) is 0.106. The Morgan fingerprint density at radius 2 is 1.48 bits per heavy atom. The quantitative estimate of drug-likeness (QED) is 0.582. The monoisotopic (exact) mass is 376 g/mol. The molecule has 5 N–H and O–H groups in total. The zero-order chi connectivity index (χ0) is 21.0. The standard InChI is InChI=1S/C23H40N2O2/c1-15(20(26)19(25)11-9-8-10-12-24)16-13-17(22(2,3)4)21(27)18(14-16)23(5,6)7/h13-15,19,27H,8-12,24-25H2,1-7H3. The van der Waals surface area contributed by atoms with Gasteiger partial charge in [-0.1, -0.05) is 73.4 Å². The fraction of sp³-hybridized carbons (Fsp3) is 0.696. The molecule has 154 valence electrons. The van der Waals surface area contributed by atoms with Crippen molar-refractivity contribution in [1.29, 1.82) is 0 Å². The summed E-state index contributed by atoms with van der Waals surface area (Å²) in [6.07, 6.45) is 3.60. The number of unbranched alkanes of at least 4 members (excludes halogenated alkanes) is 2. The minimum Gasteiger partial charge on any atom is -0.507 e. The van der Waals surface area contributed by atoms with E-state index < -0.39 is 6.04 Å². The molecule has 2 unspecified atom stereocenters. The number of nitrogens with two attached hydrogens (primary N) is 2. The van der Waals surface area contributed by atoms with Crippen LogP contribution in [0.4, 0.5) is 0 Å². The third-order valence-corrected chi connectivity index (χ3v) is 5.26. The normalized spacial score (nSPS) is 14.9. The van der Waals surface area contributed by atoms with Crippen LogP contribution in [-0.4, -0.2) is 23.5 Å². The Morgan fingerprint density at radius 1 is 1.00 bits per heavy atom. The van der Waals surface area contributed by atoms with Crippen LogP contribution >= 0.6 is 0 Å². The molecule has 1 rings (SSSR count). The molecule has 0 aliphatic heterocycles. The summed E-state index contributed by atoms with van der Waals surface area (Å²) >= 11 is 0. The number of carbonyl (C=O) groups is 1. The highest BCUT2D eigenvalue weighted by atomic mass is 16.3. The van der Waals surface area contributed by atoms with Gasteiger partial charge in [0.1, 0.15) is 5.75 Å². The van der Waals surface area contributed by atoms with E-state index in [-0.39, 0.29) is 22.5 Å². The lowest BCUT2D eigenvalue weighted by atomic mass is 9.76. The van der Waals surface area contributed by atoms with Crippen molar-refractivity contribution >= 4 is 5.78 Å². The number of hydrogen-bond acceptors (Lipinski definition) is 4. The number of aromatic hydroxyl groups is 1. The molecule has 4 heteroatoms. The fourth-order valence-electron chi connectivity index (χ4n) is 3.36. The maximum atomic E-state index is 12.9. The summed E-state index contributed by atoms with van der Waals surface area (Å²) in [5.41, 5.74) is 14.0. The van der Waals surface area contributed by atoms with Gasteiger partial charge in [-0.05, 0) is 46.9 Å². The van der Waals surface area contributed by atoms with Crippen LogP contribution < -0.4 is 11.5 Å². The molecule has 1 aromatic carbocycles. The van der Waals surface area contributed by atoms with Gasteiger partial charge in [0.05, 0.1) is 6.04 Å². The molecule has 27 heavy (non-hydrogen) atoms. The van der Waals surface area contributed by atoms with Crippen molar-refractivity contribution in [1.82, 2.24) is 0 Å². The average Bonchev–Trinajstić information content (AvgIpc) is 2.55. The van der Waals surface area contributed by atoms with E-state index in [4.69, 9.17) is 11.5 Å². The van der Waals surface area contributed by atoms with E-state index in [1.165, 1.54) is 0 Å². The van der Waals surface area contributed by atoms with E-state index in [9.17, 15) is 9.90 Å². The molecule has 0 amide bonds. The molecule has 0 saturated heterocycles. The van der Waals surface area contributed by atoms with Crippen LogP contribution in [0.2, 0.25) is 0 Å². The van der Waals surface area contributed by atoms with E-state index in [2.05, 4.69) is 41.5 Å². The second-order valence-electron chi connectivity index (χ2n) is 9.83. The molecule has 0 fully saturated rings. The minimum atomic E-state index is -0.456. The predicted octanol–water partition coefficient (Wildman–Crippen LogP) is 4.51. The smallest absolute Gasteiger partial charge is 0.156 e. The van der Waals surface area contributed by atoms with Crippen molar-refractivity contribution in [3.63, 3.8) is 0 Å². The molecule has 1 aromatic rings. The Kier molecular flexibility index (Phi) is 8.06. The Balaban J connectivity index is 3.19. The number of rotatable bonds is 8. The van der Waals surface area contributed by atoms with Gasteiger partial charge in [0.25, 0.3) is 0 Å². The lowest BCUT2D eigenvalue weighted by molar-refractivity contribution is -0.121. The molecule has 2 atom stereocenters. The number of phenolic OH excluding ortho intramolecular Hbond substituents is 1. The second kappa shape index (κ2) is 9.20. The average molecular weight is 377 g/mol. The molecule has 4 nitrogen and oxygen atoms in total. The zero-order valence-corrected chi connectivity index (χ0v) is 18.4. The third kappa shape index (κ3) is 6.32. The first-order valence-electron chi connectivity index (χ1n) is 10.2. The van der Waals surface area contributed by atoms with Crippen LogP contribution in [-0.2, 0) is 15.6 Å². The molecule has 0 bridgehead atoms. The lowest BCUT2D eigenvalue weighted by Gasteiger charge is -2.29. The molecule has 0 heterocycles. The van der Waals surface area contributed by atoms with Crippen LogP contribution in [0, 0.1) is 0 Å². The van der Waals surface area contributed by atoms with Gasteiger partial charge in [0, 0.05) is 5.92 Å². The first kappa shape index (κ1) is 23.6. The number of carbonyl (C=O) groups excluding carboxylic acids is 1. The molecule has 0 saturated carbocycles. The van der Waals surface area contributed by atoms with Gasteiger partial charge in [-0.3, -0.25) is 4.79 Å². The fourth-order valence-corrected chi connectivity index (χ4v) is 3.36. The summed E-state index contributed by atoms with van der Waals surface area (Å²) in [6.45, 7) is 15.1. The Hall–Kier alpha value is -1.39. The van der Waals surface area contributed by atoms with Gasteiger partial charge in [-0.15, -0.1) is 0 Å². The van der Waals surface area contributed by atoms with Crippen molar-refractivity contribution in [3.05, 3.63) is 28.8 Å². The molecule has 0 aromatic heterocycles. The summed E-state index contributed by atoms with van der Waals surface area (Å²) in [7, 11) is 0. The number of ketones is 1. The van der Waals surface area contributed by atoms with Crippen molar-refractivity contribution in [2.45, 2.75) is 96.9 Å². The zero-order valence-electron chi connectivity index (χ0n) is 18.4. The van der Waals surface area contributed by atoms with Crippen LogP contribution in [0.5, 0.6) is 5.75 Å². The largest absolute Gasteiger partial charge is 0.507 e. The van der Waals surface area contributed by atoms with Gasteiger partial charge >= 0.3 is 0 Å². The molecular weight excluding hydrogens is 336 g/mol. The van der Waals surface area contributed by atoms with Crippen molar-refractivity contribution < 1.29 is 9.90 Å². The highest BCUT2D eigenvalue weighted by Crippen LogP contribution is 2.41. The van der Waals surface area contributed by atoms with Crippen LogP contribution in [0.3, 0.4) is 0 Å². The van der Waals surface area contributed by atoms with Crippen LogP contribution in [0.1, 0.15) is 96.8 Å². The minimum absolute atomic E-state index is 0.0631. The van der Waals surface area contributed by atoms with E-state index >= 15 is 0 Å². The summed E-state index contributed by atoms with van der Waals surface area (Å²) < 4.78 is 0. The summed E-state index contributed by atoms with van der Waals surface area (Å²) in [4.78, 5) is 12.9. The van der Waals surface area contributed by atoms with E-state index in [0.717, 1.165) is 36.0 Å². The third-order valence-electron chi connectivity index (χ3n) is 5.26. The summed E-state index contributed by atoms with van der Waals surface area (Å²) in [6, 6.07) is 3.51. The van der Waals surface area contributed by atoms with Gasteiger partial charge in [-0.25, -0.2) is 0 Å². The van der Waals surface area contributed by atoms with Crippen LogP contribution in [0.15, 0.2) is 12.1 Å². The highest BCUT2D eigenvalue weighted by Gasteiger charge is 2.29. The Bertz CT molecular complexity index is 604. The predicted molar refractivity (Wildman–Crippen MR) is 114 cm³/mol. The molecule has 0 radical (unpaired) electrons. The maximum absolute atomic E-state index is 12.9.